The second-order valence-corrected chi connectivity index (χ2v) is 5.89. The zero-order valence-electron chi connectivity index (χ0n) is 13.2. The van der Waals surface area contributed by atoms with Crippen molar-refractivity contribution in [3.05, 3.63) is 59.5 Å². The molecule has 0 saturated carbocycles. The van der Waals surface area contributed by atoms with Gasteiger partial charge in [0.05, 0.1) is 6.54 Å². The van der Waals surface area contributed by atoms with Crippen LogP contribution in [0.25, 0.3) is 5.65 Å². The predicted octanol–water partition coefficient (Wildman–Crippen LogP) is 1.91. The minimum absolute atomic E-state index is 0.00444. The Kier molecular flexibility index (Phi) is 3.86. The van der Waals surface area contributed by atoms with E-state index >= 15 is 0 Å². The molecule has 0 bridgehead atoms. The molecule has 0 fully saturated rings. The Hall–Kier alpha value is -2.89. The van der Waals surface area contributed by atoms with E-state index in [0.717, 1.165) is 24.2 Å². The van der Waals surface area contributed by atoms with Crippen molar-refractivity contribution >= 4 is 11.6 Å². The van der Waals surface area contributed by atoms with E-state index in [-0.39, 0.29) is 12.5 Å². The Labute approximate surface area is 139 Å². The van der Waals surface area contributed by atoms with Crippen LogP contribution in [0.3, 0.4) is 0 Å². The number of aryl methyl sites for hydroxylation is 2. The average Bonchev–Trinajstić information content (AvgIpc) is 3.24. The molecule has 6 nitrogen and oxygen atoms in total. The summed E-state index contributed by atoms with van der Waals surface area (Å²) in [6, 6.07) is 11.7. The molecule has 0 atom stereocenters. The maximum absolute atomic E-state index is 12.0. The predicted molar refractivity (Wildman–Crippen MR) is 88.8 cm³/mol. The summed E-state index contributed by atoms with van der Waals surface area (Å²) in [5.74, 6) is 1.26. The van der Waals surface area contributed by atoms with Gasteiger partial charge in [-0.2, -0.15) is 0 Å². The van der Waals surface area contributed by atoms with Gasteiger partial charge in [0.25, 0.3) is 5.91 Å². The molecule has 4 rings (SSSR count). The number of benzene rings is 1. The first-order valence-electron chi connectivity index (χ1n) is 8.09. The third-order valence-corrected chi connectivity index (χ3v) is 4.27. The zero-order chi connectivity index (χ0) is 16.4. The number of rotatable bonds is 5. The van der Waals surface area contributed by atoms with Crippen LogP contribution in [0.4, 0.5) is 0 Å². The highest BCUT2D eigenvalue weighted by Crippen LogP contribution is 2.25. The SMILES string of the molecule is O=C(COc1ccc2c(c1)CCC2)NCc1nnc2ccccn12. The summed E-state index contributed by atoms with van der Waals surface area (Å²) in [4.78, 5) is 12.0. The highest BCUT2D eigenvalue weighted by molar-refractivity contribution is 5.77. The number of carbonyl (C=O) groups excluding carboxylic acids is 1. The first-order valence-corrected chi connectivity index (χ1v) is 8.09. The molecule has 6 heteroatoms. The van der Waals surface area contributed by atoms with Crippen LogP contribution >= 0.6 is 0 Å². The topological polar surface area (TPSA) is 68.5 Å². The van der Waals surface area contributed by atoms with Crippen molar-refractivity contribution in [3.63, 3.8) is 0 Å². The summed E-state index contributed by atoms with van der Waals surface area (Å²) in [5.41, 5.74) is 3.49. The Morgan fingerprint density at radius 1 is 1.17 bits per heavy atom. The minimum Gasteiger partial charge on any atom is -0.484 e. The molecule has 122 valence electrons. The number of pyridine rings is 1. The molecular formula is C18H18N4O2. The molecule has 1 aromatic carbocycles. The van der Waals surface area contributed by atoms with E-state index in [9.17, 15) is 4.79 Å². The molecule has 24 heavy (non-hydrogen) atoms. The molecule has 1 aliphatic carbocycles. The summed E-state index contributed by atoms with van der Waals surface area (Å²) < 4.78 is 7.44. The van der Waals surface area contributed by atoms with Gasteiger partial charge in [-0.1, -0.05) is 12.1 Å². The van der Waals surface area contributed by atoms with Gasteiger partial charge < -0.3 is 10.1 Å². The number of fused-ring (bicyclic) bond motifs is 2. The van der Waals surface area contributed by atoms with E-state index in [2.05, 4.69) is 21.6 Å². The van der Waals surface area contributed by atoms with Gasteiger partial charge in [0, 0.05) is 6.20 Å². The van der Waals surface area contributed by atoms with Crippen molar-refractivity contribution in [1.29, 1.82) is 0 Å². The van der Waals surface area contributed by atoms with Gasteiger partial charge in [-0.25, -0.2) is 0 Å². The van der Waals surface area contributed by atoms with Crippen LogP contribution in [0.5, 0.6) is 5.75 Å². The summed E-state index contributed by atoms with van der Waals surface area (Å²) in [6.45, 7) is 0.313. The monoisotopic (exact) mass is 322 g/mol. The van der Waals surface area contributed by atoms with Crippen LogP contribution < -0.4 is 10.1 Å². The second kappa shape index (κ2) is 6.31. The van der Waals surface area contributed by atoms with Crippen molar-refractivity contribution < 1.29 is 9.53 Å². The van der Waals surface area contributed by atoms with E-state index < -0.39 is 0 Å². The van der Waals surface area contributed by atoms with Crippen LogP contribution in [-0.4, -0.2) is 27.1 Å². The summed E-state index contributed by atoms with van der Waals surface area (Å²) in [5, 5.41) is 10.9. The lowest BCUT2D eigenvalue weighted by Crippen LogP contribution is -2.29. The lowest BCUT2D eigenvalue weighted by molar-refractivity contribution is -0.123. The maximum atomic E-state index is 12.0. The van der Waals surface area contributed by atoms with Gasteiger partial charge in [-0.05, 0) is 54.7 Å². The molecule has 1 amide bonds. The number of hydrogen-bond donors (Lipinski definition) is 1. The van der Waals surface area contributed by atoms with Gasteiger partial charge in [-0.3, -0.25) is 9.20 Å². The highest BCUT2D eigenvalue weighted by atomic mass is 16.5. The lowest BCUT2D eigenvalue weighted by atomic mass is 10.1. The standard InChI is InChI=1S/C18H18N4O2/c23-18(12-24-15-8-7-13-4-3-5-14(13)10-15)19-11-17-21-20-16-6-1-2-9-22(16)17/h1-2,6-10H,3-5,11-12H2,(H,19,23). The van der Waals surface area contributed by atoms with Gasteiger partial charge >= 0.3 is 0 Å². The zero-order valence-corrected chi connectivity index (χ0v) is 13.2. The van der Waals surface area contributed by atoms with E-state index in [1.165, 1.54) is 17.5 Å². The quantitative estimate of drug-likeness (QED) is 0.779. The normalized spacial score (nSPS) is 13.0. The molecule has 0 unspecified atom stereocenters. The number of nitrogens with one attached hydrogen (secondary N) is 1. The fourth-order valence-electron chi connectivity index (χ4n) is 3.03. The Morgan fingerprint density at radius 2 is 2.08 bits per heavy atom. The summed E-state index contributed by atoms with van der Waals surface area (Å²) >= 11 is 0. The van der Waals surface area contributed by atoms with E-state index in [1.54, 1.807) is 0 Å². The fourth-order valence-corrected chi connectivity index (χ4v) is 3.03. The smallest absolute Gasteiger partial charge is 0.258 e. The number of nitrogens with zero attached hydrogens (tertiary/aromatic N) is 3. The van der Waals surface area contributed by atoms with Crippen LogP contribution in [-0.2, 0) is 24.2 Å². The van der Waals surface area contributed by atoms with Crippen molar-refractivity contribution in [3.8, 4) is 5.75 Å². The van der Waals surface area contributed by atoms with Gasteiger partial charge in [0.15, 0.2) is 18.1 Å². The number of amides is 1. The van der Waals surface area contributed by atoms with Crippen molar-refractivity contribution in [2.75, 3.05) is 6.61 Å². The average molecular weight is 322 g/mol. The first kappa shape index (κ1) is 14.7. The Morgan fingerprint density at radius 3 is 3.04 bits per heavy atom. The number of aromatic nitrogens is 3. The first-order chi connectivity index (χ1) is 11.8. The van der Waals surface area contributed by atoms with E-state index in [1.807, 2.05) is 40.9 Å². The van der Waals surface area contributed by atoms with Crippen LogP contribution in [0, 0.1) is 0 Å². The second-order valence-electron chi connectivity index (χ2n) is 5.89. The molecule has 1 N–H and O–H groups in total. The summed E-state index contributed by atoms with van der Waals surface area (Å²) in [6.07, 6.45) is 5.31. The molecule has 0 radical (unpaired) electrons. The van der Waals surface area contributed by atoms with Crippen molar-refractivity contribution in [2.24, 2.45) is 0 Å². The molecule has 0 spiro atoms. The van der Waals surface area contributed by atoms with Crippen molar-refractivity contribution in [2.45, 2.75) is 25.8 Å². The van der Waals surface area contributed by atoms with Gasteiger partial charge in [0.2, 0.25) is 0 Å². The van der Waals surface area contributed by atoms with Gasteiger partial charge in [0.1, 0.15) is 5.75 Å². The molecule has 2 aromatic heterocycles. The van der Waals surface area contributed by atoms with Crippen LogP contribution in [0.2, 0.25) is 0 Å². The number of ether oxygens (including phenoxy) is 1. The third kappa shape index (κ3) is 2.95. The largest absolute Gasteiger partial charge is 0.484 e. The number of hydrogen-bond acceptors (Lipinski definition) is 4. The van der Waals surface area contributed by atoms with Crippen molar-refractivity contribution in [1.82, 2.24) is 19.9 Å². The summed E-state index contributed by atoms with van der Waals surface area (Å²) in [7, 11) is 0. The van der Waals surface area contributed by atoms with Gasteiger partial charge in [-0.15, -0.1) is 10.2 Å². The highest BCUT2D eigenvalue weighted by Gasteiger charge is 2.12. The fraction of sp³-hybridized carbons (Fsp3) is 0.278. The Bertz CT molecular complexity index is 888. The molecule has 1 aliphatic rings. The number of carbonyl (C=O) groups is 1. The van der Waals surface area contributed by atoms with E-state index in [4.69, 9.17) is 4.74 Å². The molecule has 0 saturated heterocycles. The Balaban J connectivity index is 1.32. The molecular weight excluding hydrogens is 304 g/mol. The minimum atomic E-state index is -0.178. The molecule has 2 heterocycles. The van der Waals surface area contributed by atoms with Crippen LogP contribution in [0.15, 0.2) is 42.6 Å². The molecule has 0 aliphatic heterocycles. The maximum Gasteiger partial charge on any atom is 0.258 e. The van der Waals surface area contributed by atoms with E-state index in [0.29, 0.717) is 12.4 Å². The van der Waals surface area contributed by atoms with Crippen LogP contribution in [0.1, 0.15) is 23.4 Å². The molecule has 3 aromatic rings. The lowest BCUT2D eigenvalue weighted by Gasteiger charge is -2.08. The third-order valence-electron chi connectivity index (χ3n) is 4.27.